The molecule has 0 spiro atoms. The quantitative estimate of drug-likeness (QED) is 0.633. The molecule has 0 saturated heterocycles. The van der Waals surface area contributed by atoms with E-state index in [0.29, 0.717) is 12.6 Å². The van der Waals surface area contributed by atoms with E-state index in [9.17, 15) is 4.39 Å². The second-order valence-electron chi connectivity index (χ2n) is 5.09. The Balaban J connectivity index is 1.78. The number of hydrogen-bond acceptors (Lipinski definition) is 1. The van der Waals surface area contributed by atoms with Crippen LogP contribution >= 0.6 is 0 Å². The summed E-state index contributed by atoms with van der Waals surface area (Å²) in [4.78, 5) is 4.20. The smallest absolute Gasteiger partial charge is 0.191 e. The van der Waals surface area contributed by atoms with Crippen LogP contribution in [-0.4, -0.2) is 19.0 Å². The highest BCUT2D eigenvalue weighted by atomic mass is 19.1. The van der Waals surface area contributed by atoms with E-state index < -0.39 is 0 Å². The van der Waals surface area contributed by atoms with E-state index in [2.05, 4.69) is 22.5 Å². The van der Waals surface area contributed by atoms with E-state index in [1.54, 1.807) is 13.1 Å². The standard InChI is InChI=1S/C15H22FN3/c1-3-5-12-9-14(12)19-15(17-2)18-10-11-6-4-7-13(16)8-11/h4,6-8,12,14H,3,5,9-10H2,1-2H3,(H2,17,18,19). The zero-order chi connectivity index (χ0) is 13.7. The summed E-state index contributed by atoms with van der Waals surface area (Å²) in [7, 11) is 1.76. The second-order valence-corrected chi connectivity index (χ2v) is 5.09. The Morgan fingerprint density at radius 3 is 3.00 bits per heavy atom. The normalized spacial score (nSPS) is 22.2. The first kappa shape index (κ1) is 13.8. The minimum Gasteiger partial charge on any atom is -0.353 e. The van der Waals surface area contributed by atoms with E-state index in [1.807, 2.05) is 6.07 Å². The fourth-order valence-corrected chi connectivity index (χ4v) is 2.32. The molecule has 3 nitrogen and oxygen atoms in total. The lowest BCUT2D eigenvalue weighted by molar-refractivity contribution is 0.624. The van der Waals surface area contributed by atoms with Crippen molar-refractivity contribution in [1.29, 1.82) is 0 Å². The fourth-order valence-electron chi connectivity index (χ4n) is 2.32. The maximum Gasteiger partial charge on any atom is 0.191 e. The molecule has 1 aliphatic carbocycles. The van der Waals surface area contributed by atoms with Crippen LogP contribution in [0.15, 0.2) is 29.3 Å². The van der Waals surface area contributed by atoms with E-state index in [0.717, 1.165) is 17.4 Å². The number of hydrogen-bond donors (Lipinski definition) is 2. The van der Waals surface area contributed by atoms with Crippen molar-refractivity contribution in [3.63, 3.8) is 0 Å². The molecule has 0 amide bonds. The summed E-state index contributed by atoms with van der Waals surface area (Å²) < 4.78 is 13.1. The second kappa shape index (κ2) is 6.55. The lowest BCUT2D eigenvalue weighted by Crippen LogP contribution is -2.38. The summed E-state index contributed by atoms with van der Waals surface area (Å²) in [6.45, 7) is 2.80. The molecule has 2 N–H and O–H groups in total. The molecular formula is C15H22FN3. The molecule has 1 aromatic carbocycles. The third-order valence-corrected chi connectivity index (χ3v) is 3.48. The molecular weight excluding hydrogens is 241 g/mol. The van der Waals surface area contributed by atoms with Gasteiger partial charge in [0, 0.05) is 19.6 Å². The van der Waals surface area contributed by atoms with Gasteiger partial charge in [-0.1, -0.05) is 25.5 Å². The zero-order valence-electron chi connectivity index (χ0n) is 11.6. The van der Waals surface area contributed by atoms with Crippen LogP contribution in [0, 0.1) is 11.7 Å². The van der Waals surface area contributed by atoms with Crippen molar-refractivity contribution < 1.29 is 4.39 Å². The molecule has 19 heavy (non-hydrogen) atoms. The molecule has 4 heteroatoms. The molecule has 0 bridgehead atoms. The van der Waals surface area contributed by atoms with E-state index in [-0.39, 0.29) is 5.82 Å². The lowest BCUT2D eigenvalue weighted by atomic mass is 10.2. The van der Waals surface area contributed by atoms with Crippen LogP contribution < -0.4 is 10.6 Å². The first-order valence-electron chi connectivity index (χ1n) is 6.94. The number of nitrogens with zero attached hydrogens (tertiary/aromatic N) is 1. The van der Waals surface area contributed by atoms with Gasteiger partial charge in [-0.2, -0.15) is 0 Å². The Bertz CT molecular complexity index is 445. The van der Waals surface area contributed by atoms with Crippen LogP contribution in [0.5, 0.6) is 0 Å². The van der Waals surface area contributed by atoms with Gasteiger partial charge in [0.15, 0.2) is 5.96 Å². The highest BCUT2D eigenvalue weighted by Gasteiger charge is 2.36. The van der Waals surface area contributed by atoms with Crippen LogP contribution in [0.3, 0.4) is 0 Å². The molecule has 0 heterocycles. The van der Waals surface area contributed by atoms with Gasteiger partial charge < -0.3 is 10.6 Å². The molecule has 0 aliphatic heterocycles. The van der Waals surface area contributed by atoms with Gasteiger partial charge >= 0.3 is 0 Å². The first-order chi connectivity index (χ1) is 9.22. The van der Waals surface area contributed by atoms with Crippen molar-refractivity contribution in [2.24, 2.45) is 10.9 Å². The monoisotopic (exact) mass is 263 g/mol. The summed E-state index contributed by atoms with van der Waals surface area (Å²) in [6, 6.07) is 7.17. The van der Waals surface area contributed by atoms with Crippen molar-refractivity contribution in [3.8, 4) is 0 Å². The van der Waals surface area contributed by atoms with Crippen LogP contribution in [-0.2, 0) is 6.54 Å². The number of benzene rings is 1. The van der Waals surface area contributed by atoms with Crippen molar-refractivity contribution in [1.82, 2.24) is 10.6 Å². The Morgan fingerprint density at radius 2 is 2.32 bits per heavy atom. The summed E-state index contributed by atoms with van der Waals surface area (Å²) in [6.07, 6.45) is 3.74. The average Bonchev–Trinajstić information content (AvgIpc) is 3.13. The Hall–Kier alpha value is -1.58. The molecule has 1 aromatic rings. The third-order valence-electron chi connectivity index (χ3n) is 3.48. The Labute approximate surface area is 114 Å². The molecule has 1 saturated carbocycles. The van der Waals surface area contributed by atoms with Crippen molar-refractivity contribution in [2.75, 3.05) is 7.05 Å². The van der Waals surface area contributed by atoms with Crippen LogP contribution in [0.4, 0.5) is 4.39 Å². The SMILES string of the molecule is CCCC1CC1NC(=NC)NCc1cccc(F)c1. The number of rotatable bonds is 5. The highest BCUT2D eigenvalue weighted by Crippen LogP contribution is 2.34. The summed E-state index contributed by atoms with van der Waals surface area (Å²) in [5.41, 5.74) is 0.920. The first-order valence-corrected chi connectivity index (χ1v) is 6.94. The fraction of sp³-hybridized carbons (Fsp3) is 0.533. The number of aliphatic imine (C=N–C) groups is 1. The van der Waals surface area contributed by atoms with Crippen LogP contribution in [0.1, 0.15) is 31.7 Å². The van der Waals surface area contributed by atoms with Gasteiger partial charge in [0.05, 0.1) is 0 Å². The van der Waals surface area contributed by atoms with Crippen LogP contribution in [0.2, 0.25) is 0 Å². The van der Waals surface area contributed by atoms with Crippen LogP contribution in [0.25, 0.3) is 0 Å². The van der Waals surface area contributed by atoms with Gasteiger partial charge in [-0.3, -0.25) is 4.99 Å². The number of guanidine groups is 1. The van der Waals surface area contributed by atoms with Gasteiger partial charge in [-0.05, 0) is 36.5 Å². The molecule has 0 aromatic heterocycles. The molecule has 1 aliphatic rings. The van der Waals surface area contributed by atoms with E-state index in [4.69, 9.17) is 0 Å². The minimum absolute atomic E-state index is 0.201. The Kier molecular flexibility index (Phi) is 4.77. The maximum atomic E-state index is 13.1. The largest absolute Gasteiger partial charge is 0.353 e. The minimum atomic E-state index is -0.201. The molecule has 2 unspecified atom stereocenters. The third kappa shape index (κ3) is 4.23. The number of halogens is 1. The average molecular weight is 263 g/mol. The maximum absolute atomic E-state index is 13.1. The van der Waals surface area contributed by atoms with Gasteiger partial charge in [-0.15, -0.1) is 0 Å². The van der Waals surface area contributed by atoms with Gasteiger partial charge in [-0.25, -0.2) is 4.39 Å². The zero-order valence-corrected chi connectivity index (χ0v) is 11.6. The number of nitrogens with one attached hydrogen (secondary N) is 2. The Morgan fingerprint density at radius 1 is 1.47 bits per heavy atom. The van der Waals surface area contributed by atoms with Gasteiger partial charge in [0.1, 0.15) is 5.82 Å². The summed E-state index contributed by atoms with van der Waals surface area (Å²) in [5, 5.41) is 6.62. The van der Waals surface area contributed by atoms with E-state index in [1.165, 1.54) is 31.4 Å². The van der Waals surface area contributed by atoms with Crippen molar-refractivity contribution in [2.45, 2.75) is 38.8 Å². The molecule has 2 rings (SSSR count). The predicted molar refractivity (Wildman–Crippen MR) is 76.5 cm³/mol. The topological polar surface area (TPSA) is 36.4 Å². The highest BCUT2D eigenvalue weighted by molar-refractivity contribution is 5.80. The molecule has 2 atom stereocenters. The molecule has 104 valence electrons. The molecule has 1 fully saturated rings. The summed E-state index contributed by atoms with van der Waals surface area (Å²) >= 11 is 0. The molecule has 0 radical (unpaired) electrons. The van der Waals surface area contributed by atoms with Crippen molar-refractivity contribution in [3.05, 3.63) is 35.6 Å². The predicted octanol–water partition coefficient (Wildman–Crippen LogP) is 2.68. The van der Waals surface area contributed by atoms with E-state index >= 15 is 0 Å². The van der Waals surface area contributed by atoms with Crippen molar-refractivity contribution >= 4 is 5.96 Å². The lowest BCUT2D eigenvalue weighted by Gasteiger charge is -2.12. The summed E-state index contributed by atoms with van der Waals surface area (Å²) in [5.74, 6) is 1.39. The van der Waals surface area contributed by atoms with Gasteiger partial charge in [0.25, 0.3) is 0 Å². The van der Waals surface area contributed by atoms with Gasteiger partial charge in [0.2, 0.25) is 0 Å².